The number of nitrogens with zero attached hydrogens (tertiary/aromatic N) is 1. The predicted molar refractivity (Wildman–Crippen MR) is 79.7 cm³/mol. The van der Waals surface area contributed by atoms with Crippen molar-refractivity contribution in [2.45, 2.75) is 6.61 Å². The zero-order valence-electron chi connectivity index (χ0n) is 10.4. The summed E-state index contributed by atoms with van der Waals surface area (Å²) in [6.45, 7) is 0.308. The molecule has 0 saturated carbocycles. The summed E-state index contributed by atoms with van der Waals surface area (Å²) in [5, 5.41) is 12.5. The highest BCUT2D eigenvalue weighted by Crippen LogP contribution is 2.27. The SMILES string of the molecule is NC(=NO)c1ccc(OCc2ccccc2Cl)c(Cl)c1. The molecule has 6 heteroatoms. The van der Waals surface area contributed by atoms with Crippen molar-refractivity contribution < 1.29 is 9.94 Å². The molecule has 104 valence electrons. The van der Waals surface area contributed by atoms with Gasteiger partial charge in [-0.15, -0.1) is 0 Å². The normalized spacial score (nSPS) is 11.4. The van der Waals surface area contributed by atoms with Crippen LogP contribution in [-0.2, 0) is 6.61 Å². The number of hydrogen-bond donors (Lipinski definition) is 2. The van der Waals surface area contributed by atoms with Gasteiger partial charge in [0.25, 0.3) is 0 Å². The molecule has 0 aliphatic carbocycles. The Morgan fingerprint density at radius 3 is 2.55 bits per heavy atom. The fraction of sp³-hybridized carbons (Fsp3) is 0.0714. The Kier molecular flexibility index (Phi) is 4.71. The van der Waals surface area contributed by atoms with E-state index < -0.39 is 0 Å². The molecule has 0 amide bonds. The van der Waals surface area contributed by atoms with Gasteiger partial charge in [-0.1, -0.05) is 46.6 Å². The molecule has 0 aliphatic heterocycles. The zero-order valence-corrected chi connectivity index (χ0v) is 11.9. The van der Waals surface area contributed by atoms with Gasteiger partial charge in [0.05, 0.1) is 5.02 Å². The maximum Gasteiger partial charge on any atom is 0.170 e. The molecule has 0 heterocycles. The molecule has 2 rings (SSSR count). The van der Waals surface area contributed by atoms with E-state index in [1.165, 1.54) is 0 Å². The van der Waals surface area contributed by atoms with E-state index in [0.29, 0.717) is 28.0 Å². The molecule has 3 N–H and O–H groups in total. The fourth-order valence-electron chi connectivity index (χ4n) is 1.61. The Labute approximate surface area is 126 Å². The summed E-state index contributed by atoms with van der Waals surface area (Å²) >= 11 is 12.1. The molecule has 0 fully saturated rings. The van der Waals surface area contributed by atoms with Crippen molar-refractivity contribution in [3.8, 4) is 5.75 Å². The standard InChI is InChI=1S/C14H12Cl2N2O2/c15-11-4-2-1-3-10(11)8-20-13-6-5-9(7-12(13)16)14(17)18-19/h1-7,19H,8H2,(H2,17,18). The van der Waals surface area contributed by atoms with Crippen LogP contribution in [-0.4, -0.2) is 11.0 Å². The van der Waals surface area contributed by atoms with Gasteiger partial charge in [0.2, 0.25) is 0 Å². The summed E-state index contributed by atoms with van der Waals surface area (Å²) in [5.74, 6) is 0.491. The molecule has 4 nitrogen and oxygen atoms in total. The molecule has 0 atom stereocenters. The Morgan fingerprint density at radius 1 is 1.15 bits per heavy atom. The molecule has 0 spiro atoms. The maximum atomic E-state index is 8.60. The van der Waals surface area contributed by atoms with E-state index >= 15 is 0 Å². The second kappa shape index (κ2) is 6.50. The van der Waals surface area contributed by atoms with Crippen molar-refractivity contribution in [2.24, 2.45) is 10.9 Å². The fourth-order valence-corrected chi connectivity index (χ4v) is 2.03. The summed E-state index contributed by atoms with van der Waals surface area (Å²) in [6, 6.07) is 12.3. The van der Waals surface area contributed by atoms with Crippen LogP contribution in [0.2, 0.25) is 10.0 Å². The first-order valence-corrected chi connectivity index (χ1v) is 6.51. The van der Waals surface area contributed by atoms with E-state index in [4.69, 9.17) is 38.9 Å². The number of halogens is 2. The molecule has 0 radical (unpaired) electrons. The van der Waals surface area contributed by atoms with Gasteiger partial charge in [-0.2, -0.15) is 0 Å². The van der Waals surface area contributed by atoms with Gasteiger partial charge in [0.1, 0.15) is 12.4 Å². The monoisotopic (exact) mass is 310 g/mol. The number of hydrogen-bond acceptors (Lipinski definition) is 3. The van der Waals surface area contributed by atoms with Gasteiger partial charge >= 0.3 is 0 Å². The van der Waals surface area contributed by atoms with E-state index in [-0.39, 0.29) is 5.84 Å². The molecular formula is C14H12Cl2N2O2. The number of benzene rings is 2. The quantitative estimate of drug-likeness (QED) is 0.392. The van der Waals surface area contributed by atoms with E-state index in [0.717, 1.165) is 5.56 Å². The van der Waals surface area contributed by atoms with Gasteiger partial charge < -0.3 is 15.7 Å². The summed E-state index contributed by atoms with van der Waals surface area (Å²) in [4.78, 5) is 0. The third-order valence-corrected chi connectivity index (χ3v) is 3.34. The maximum absolute atomic E-state index is 8.60. The second-order valence-corrected chi connectivity index (χ2v) is 4.82. The lowest BCUT2D eigenvalue weighted by Crippen LogP contribution is -2.12. The zero-order chi connectivity index (χ0) is 14.5. The van der Waals surface area contributed by atoms with Crippen LogP contribution in [0.1, 0.15) is 11.1 Å². The summed E-state index contributed by atoms with van der Waals surface area (Å²) in [5.41, 5.74) is 6.86. The van der Waals surface area contributed by atoms with E-state index in [2.05, 4.69) is 5.16 Å². The molecule has 0 aliphatic rings. The highest BCUT2D eigenvalue weighted by atomic mass is 35.5. The average molecular weight is 311 g/mol. The largest absolute Gasteiger partial charge is 0.487 e. The summed E-state index contributed by atoms with van der Waals surface area (Å²) < 4.78 is 5.61. The van der Waals surface area contributed by atoms with Crippen LogP contribution in [0.3, 0.4) is 0 Å². The number of rotatable bonds is 4. The third kappa shape index (κ3) is 3.35. The Balaban J connectivity index is 2.13. The lowest BCUT2D eigenvalue weighted by atomic mass is 10.2. The van der Waals surface area contributed by atoms with Crippen molar-refractivity contribution in [3.63, 3.8) is 0 Å². The van der Waals surface area contributed by atoms with Crippen molar-refractivity contribution >= 4 is 29.0 Å². The molecule has 2 aromatic rings. The first-order chi connectivity index (χ1) is 9.61. The third-order valence-electron chi connectivity index (χ3n) is 2.68. The smallest absolute Gasteiger partial charge is 0.170 e. The molecule has 20 heavy (non-hydrogen) atoms. The van der Waals surface area contributed by atoms with Gasteiger partial charge in [0, 0.05) is 16.1 Å². The lowest BCUT2D eigenvalue weighted by Gasteiger charge is -2.10. The summed E-state index contributed by atoms with van der Waals surface area (Å²) in [7, 11) is 0. The minimum Gasteiger partial charge on any atom is -0.487 e. The second-order valence-electron chi connectivity index (χ2n) is 4.01. The highest BCUT2D eigenvalue weighted by Gasteiger charge is 2.07. The van der Waals surface area contributed by atoms with Gasteiger partial charge in [-0.05, 0) is 24.3 Å². The molecule has 0 unspecified atom stereocenters. The molecular weight excluding hydrogens is 299 g/mol. The van der Waals surface area contributed by atoms with E-state index in [1.54, 1.807) is 24.3 Å². The van der Waals surface area contributed by atoms with Crippen LogP contribution in [0.25, 0.3) is 0 Å². The van der Waals surface area contributed by atoms with Crippen LogP contribution in [0.4, 0.5) is 0 Å². The highest BCUT2D eigenvalue weighted by molar-refractivity contribution is 6.32. The number of amidine groups is 1. The number of nitrogens with two attached hydrogens (primary N) is 1. The number of oxime groups is 1. The van der Waals surface area contributed by atoms with Crippen molar-refractivity contribution in [2.75, 3.05) is 0 Å². The van der Waals surface area contributed by atoms with E-state index in [9.17, 15) is 0 Å². The predicted octanol–water partition coefficient (Wildman–Crippen LogP) is 3.67. The Bertz CT molecular complexity index is 645. The molecule has 2 aromatic carbocycles. The van der Waals surface area contributed by atoms with Crippen LogP contribution >= 0.6 is 23.2 Å². The topological polar surface area (TPSA) is 67.8 Å². The Morgan fingerprint density at radius 2 is 1.90 bits per heavy atom. The molecule has 0 aromatic heterocycles. The minimum absolute atomic E-state index is 0.00967. The van der Waals surface area contributed by atoms with Crippen LogP contribution in [0.5, 0.6) is 5.75 Å². The van der Waals surface area contributed by atoms with Gasteiger partial charge in [-0.3, -0.25) is 0 Å². The average Bonchev–Trinajstić information content (AvgIpc) is 2.46. The molecule has 0 saturated heterocycles. The van der Waals surface area contributed by atoms with Gasteiger partial charge in [-0.25, -0.2) is 0 Å². The molecule has 0 bridgehead atoms. The van der Waals surface area contributed by atoms with Crippen molar-refractivity contribution in [1.29, 1.82) is 0 Å². The van der Waals surface area contributed by atoms with Crippen LogP contribution in [0.15, 0.2) is 47.6 Å². The number of ether oxygens (including phenoxy) is 1. The van der Waals surface area contributed by atoms with Crippen LogP contribution < -0.4 is 10.5 Å². The van der Waals surface area contributed by atoms with E-state index in [1.807, 2.05) is 18.2 Å². The van der Waals surface area contributed by atoms with Crippen molar-refractivity contribution in [1.82, 2.24) is 0 Å². The summed E-state index contributed by atoms with van der Waals surface area (Å²) in [6.07, 6.45) is 0. The Hall–Kier alpha value is -1.91. The van der Waals surface area contributed by atoms with Crippen molar-refractivity contribution in [3.05, 3.63) is 63.6 Å². The minimum atomic E-state index is -0.00967. The first kappa shape index (κ1) is 14.5. The van der Waals surface area contributed by atoms with Gasteiger partial charge in [0.15, 0.2) is 5.84 Å². The van der Waals surface area contributed by atoms with Crippen LogP contribution in [0, 0.1) is 0 Å². The lowest BCUT2D eigenvalue weighted by molar-refractivity contribution is 0.306. The first-order valence-electron chi connectivity index (χ1n) is 5.75.